The van der Waals surface area contributed by atoms with Crippen LogP contribution in [0.15, 0.2) is 53.7 Å². The van der Waals surface area contributed by atoms with Crippen molar-refractivity contribution in [2.45, 2.75) is 17.2 Å². The van der Waals surface area contributed by atoms with Gasteiger partial charge in [0.05, 0.1) is 23.5 Å². The predicted molar refractivity (Wildman–Crippen MR) is 97.7 cm³/mol. The molecule has 0 saturated carbocycles. The zero-order valence-electron chi connectivity index (χ0n) is 13.6. The number of amides is 1. The van der Waals surface area contributed by atoms with E-state index in [0.717, 1.165) is 42.7 Å². The molecule has 0 aliphatic carbocycles. The van der Waals surface area contributed by atoms with Crippen LogP contribution in [0, 0.1) is 0 Å². The fourth-order valence-electron chi connectivity index (χ4n) is 2.47. The molecule has 0 bridgehead atoms. The first kappa shape index (κ1) is 16.8. The van der Waals surface area contributed by atoms with Gasteiger partial charge < -0.3 is 15.0 Å². The van der Waals surface area contributed by atoms with Gasteiger partial charge >= 0.3 is 0 Å². The fraction of sp³-hybridized carbons (Fsp3) is 0.333. The summed E-state index contributed by atoms with van der Waals surface area (Å²) in [5, 5.41) is 3.60. The number of thioether (sulfide) groups is 1. The van der Waals surface area contributed by atoms with Gasteiger partial charge in [-0.15, -0.1) is 0 Å². The molecule has 1 aliphatic rings. The molecule has 2 aromatic rings. The summed E-state index contributed by atoms with van der Waals surface area (Å²) in [5.74, 6) is -0.0234. The number of hydrogen-bond acceptors (Lipinski definition) is 5. The Morgan fingerprint density at radius 2 is 1.96 bits per heavy atom. The van der Waals surface area contributed by atoms with Crippen LogP contribution in [0.25, 0.3) is 0 Å². The third kappa shape index (κ3) is 4.49. The Morgan fingerprint density at radius 3 is 2.62 bits per heavy atom. The highest BCUT2D eigenvalue weighted by molar-refractivity contribution is 8.00. The van der Waals surface area contributed by atoms with E-state index in [-0.39, 0.29) is 11.2 Å². The van der Waals surface area contributed by atoms with Crippen molar-refractivity contribution in [3.05, 3.63) is 48.7 Å². The topological polar surface area (TPSA) is 54.5 Å². The highest BCUT2D eigenvalue weighted by atomic mass is 32.2. The van der Waals surface area contributed by atoms with E-state index in [1.807, 2.05) is 49.4 Å². The standard InChI is InChI=1S/C18H21N3O2S/c1-14(24-17-4-2-3-9-19-17)18(22)20-15-5-7-16(8-6-15)21-10-12-23-13-11-21/h2-9,14H,10-13H2,1H3,(H,20,22)/t14-/m1/s1. The van der Waals surface area contributed by atoms with Gasteiger partial charge in [-0.2, -0.15) is 0 Å². The van der Waals surface area contributed by atoms with E-state index >= 15 is 0 Å². The van der Waals surface area contributed by atoms with Gasteiger partial charge in [-0.1, -0.05) is 17.8 Å². The Morgan fingerprint density at radius 1 is 1.21 bits per heavy atom. The third-order valence-electron chi connectivity index (χ3n) is 3.82. The van der Waals surface area contributed by atoms with E-state index < -0.39 is 0 Å². The highest BCUT2D eigenvalue weighted by Crippen LogP contribution is 2.23. The predicted octanol–water partition coefficient (Wildman–Crippen LogP) is 3.04. The Labute approximate surface area is 146 Å². The number of hydrogen-bond donors (Lipinski definition) is 1. The molecule has 1 fully saturated rings. The highest BCUT2D eigenvalue weighted by Gasteiger charge is 2.16. The molecule has 1 amide bonds. The lowest BCUT2D eigenvalue weighted by Gasteiger charge is -2.28. The minimum atomic E-state index is -0.209. The van der Waals surface area contributed by atoms with Gasteiger partial charge in [-0.25, -0.2) is 4.98 Å². The van der Waals surface area contributed by atoms with E-state index in [0.29, 0.717) is 0 Å². The molecular weight excluding hydrogens is 322 g/mol. The second kappa shape index (κ2) is 8.17. The molecule has 0 radical (unpaired) electrons. The molecule has 126 valence electrons. The number of ether oxygens (including phenoxy) is 1. The first-order chi connectivity index (χ1) is 11.7. The first-order valence-electron chi connectivity index (χ1n) is 8.04. The minimum Gasteiger partial charge on any atom is -0.378 e. The van der Waals surface area contributed by atoms with Crippen LogP contribution in [0.5, 0.6) is 0 Å². The average Bonchev–Trinajstić information content (AvgIpc) is 2.64. The fourth-order valence-corrected chi connectivity index (χ4v) is 3.28. The lowest BCUT2D eigenvalue weighted by Crippen LogP contribution is -2.36. The Balaban J connectivity index is 1.55. The number of rotatable bonds is 5. The zero-order chi connectivity index (χ0) is 16.8. The summed E-state index contributed by atoms with van der Waals surface area (Å²) in [7, 11) is 0. The van der Waals surface area contributed by atoms with E-state index in [2.05, 4.69) is 15.2 Å². The van der Waals surface area contributed by atoms with Crippen LogP contribution in [-0.2, 0) is 9.53 Å². The molecule has 1 aliphatic heterocycles. The summed E-state index contributed by atoms with van der Waals surface area (Å²) in [6, 6.07) is 13.7. The van der Waals surface area contributed by atoms with Gasteiger partial charge in [-0.05, 0) is 43.3 Å². The second-order valence-corrected chi connectivity index (χ2v) is 6.92. The van der Waals surface area contributed by atoms with Gasteiger partial charge in [0.25, 0.3) is 0 Å². The number of anilines is 2. The molecule has 1 saturated heterocycles. The van der Waals surface area contributed by atoms with Crippen LogP contribution < -0.4 is 10.2 Å². The molecule has 3 rings (SSSR count). The van der Waals surface area contributed by atoms with Crippen molar-refractivity contribution >= 4 is 29.0 Å². The number of carbonyl (C=O) groups is 1. The van der Waals surface area contributed by atoms with Crippen LogP contribution in [0.4, 0.5) is 11.4 Å². The van der Waals surface area contributed by atoms with E-state index in [9.17, 15) is 4.79 Å². The quantitative estimate of drug-likeness (QED) is 0.846. The summed E-state index contributed by atoms with van der Waals surface area (Å²) in [4.78, 5) is 18.8. The molecule has 1 aromatic carbocycles. The van der Waals surface area contributed by atoms with Crippen LogP contribution in [-0.4, -0.2) is 42.4 Å². The maximum absolute atomic E-state index is 12.3. The summed E-state index contributed by atoms with van der Waals surface area (Å²) in [6.45, 7) is 5.23. The number of carbonyl (C=O) groups excluding carboxylic acids is 1. The van der Waals surface area contributed by atoms with Gasteiger partial charge in [0.1, 0.15) is 0 Å². The van der Waals surface area contributed by atoms with Gasteiger partial charge in [0, 0.05) is 30.7 Å². The van der Waals surface area contributed by atoms with Crippen molar-refractivity contribution in [3.8, 4) is 0 Å². The molecule has 0 spiro atoms. The van der Waals surface area contributed by atoms with Gasteiger partial charge in [0.2, 0.25) is 5.91 Å². The SMILES string of the molecule is C[C@@H](Sc1ccccn1)C(=O)Nc1ccc(N2CCOCC2)cc1. The monoisotopic (exact) mass is 343 g/mol. The van der Waals surface area contributed by atoms with Crippen molar-refractivity contribution in [1.82, 2.24) is 4.98 Å². The number of nitrogens with zero attached hydrogens (tertiary/aromatic N) is 2. The van der Waals surface area contributed by atoms with E-state index in [1.54, 1.807) is 6.20 Å². The Hall–Kier alpha value is -2.05. The normalized spacial score (nSPS) is 15.8. The molecule has 1 atom stereocenters. The number of aromatic nitrogens is 1. The largest absolute Gasteiger partial charge is 0.378 e. The van der Waals surface area contributed by atoms with Crippen molar-refractivity contribution in [3.63, 3.8) is 0 Å². The zero-order valence-corrected chi connectivity index (χ0v) is 14.5. The second-order valence-electron chi connectivity index (χ2n) is 5.56. The van der Waals surface area contributed by atoms with Gasteiger partial charge in [-0.3, -0.25) is 4.79 Å². The summed E-state index contributed by atoms with van der Waals surface area (Å²) in [6.07, 6.45) is 1.73. The number of benzene rings is 1. The average molecular weight is 343 g/mol. The van der Waals surface area contributed by atoms with Crippen molar-refractivity contribution in [2.75, 3.05) is 36.5 Å². The van der Waals surface area contributed by atoms with Gasteiger partial charge in [0.15, 0.2) is 0 Å². The molecule has 1 aromatic heterocycles. The lowest BCUT2D eigenvalue weighted by molar-refractivity contribution is -0.115. The maximum atomic E-state index is 12.3. The Bertz CT molecular complexity index is 658. The smallest absolute Gasteiger partial charge is 0.237 e. The third-order valence-corrected chi connectivity index (χ3v) is 4.87. The number of nitrogens with one attached hydrogen (secondary N) is 1. The number of pyridine rings is 1. The first-order valence-corrected chi connectivity index (χ1v) is 8.91. The van der Waals surface area contributed by atoms with Crippen molar-refractivity contribution in [2.24, 2.45) is 0 Å². The van der Waals surface area contributed by atoms with Crippen LogP contribution in [0.1, 0.15) is 6.92 Å². The molecule has 24 heavy (non-hydrogen) atoms. The molecule has 2 heterocycles. The summed E-state index contributed by atoms with van der Waals surface area (Å²) in [5.41, 5.74) is 1.97. The van der Waals surface area contributed by atoms with Crippen LogP contribution in [0.2, 0.25) is 0 Å². The molecular formula is C18H21N3O2S. The maximum Gasteiger partial charge on any atom is 0.237 e. The Kier molecular flexibility index (Phi) is 5.72. The van der Waals surface area contributed by atoms with Crippen LogP contribution in [0.3, 0.4) is 0 Å². The number of morpholine rings is 1. The summed E-state index contributed by atoms with van der Waals surface area (Å²) >= 11 is 1.45. The van der Waals surface area contributed by atoms with Crippen molar-refractivity contribution in [1.29, 1.82) is 0 Å². The molecule has 0 unspecified atom stereocenters. The molecule has 1 N–H and O–H groups in total. The van der Waals surface area contributed by atoms with Crippen LogP contribution >= 0.6 is 11.8 Å². The van der Waals surface area contributed by atoms with E-state index in [4.69, 9.17) is 4.74 Å². The molecule has 6 heteroatoms. The minimum absolute atomic E-state index is 0.0234. The molecule has 5 nitrogen and oxygen atoms in total. The lowest BCUT2D eigenvalue weighted by atomic mass is 10.2. The van der Waals surface area contributed by atoms with E-state index in [1.165, 1.54) is 11.8 Å². The van der Waals surface area contributed by atoms with Crippen molar-refractivity contribution < 1.29 is 9.53 Å². The summed E-state index contributed by atoms with van der Waals surface area (Å²) < 4.78 is 5.37.